The van der Waals surface area contributed by atoms with Gasteiger partial charge in [-0.25, -0.2) is 10.4 Å². The summed E-state index contributed by atoms with van der Waals surface area (Å²) in [5.41, 5.74) is 3.02. The van der Waals surface area contributed by atoms with Crippen molar-refractivity contribution in [1.29, 1.82) is 0 Å². The molecule has 0 saturated heterocycles. The van der Waals surface area contributed by atoms with Crippen LogP contribution in [-0.2, 0) is 0 Å². The van der Waals surface area contributed by atoms with Gasteiger partial charge in [0.2, 0.25) is 0 Å². The Kier molecular flexibility index (Phi) is 4.43. The van der Waals surface area contributed by atoms with Gasteiger partial charge in [0.25, 0.3) is 5.91 Å². The van der Waals surface area contributed by atoms with E-state index in [0.29, 0.717) is 15.6 Å². The van der Waals surface area contributed by atoms with Crippen molar-refractivity contribution >= 4 is 35.3 Å². The van der Waals surface area contributed by atoms with Crippen LogP contribution < -0.4 is 5.43 Å². The minimum atomic E-state index is -0.465. The Balaban J connectivity index is 2.07. The Bertz CT molecular complexity index is 596. The zero-order valence-corrected chi connectivity index (χ0v) is 11.1. The van der Waals surface area contributed by atoms with Crippen LogP contribution in [0.4, 0.5) is 0 Å². The van der Waals surface area contributed by atoms with Gasteiger partial charge in [-0.05, 0) is 12.1 Å². The molecule has 0 aliphatic rings. The first kappa shape index (κ1) is 13.5. The second kappa shape index (κ2) is 6.26. The van der Waals surface area contributed by atoms with E-state index in [1.807, 2.05) is 0 Å². The number of benzene rings is 1. The summed E-state index contributed by atoms with van der Waals surface area (Å²) in [5, 5.41) is 4.68. The van der Waals surface area contributed by atoms with Gasteiger partial charge in [-0.15, -0.1) is 0 Å². The normalized spacial score (nSPS) is 10.6. The number of hydrogen-bond donors (Lipinski definition) is 1. The number of carbonyl (C=O) groups excluding carboxylic acids is 1. The van der Waals surface area contributed by atoms with E-state index in [4.69, 9.17) is 23.2 Å². The van der Waals surface area contributed by atoms with E-state index in [9.17, 15) is 4.79 Å². The fourth-order valence-corrected chi connectivity index (χ4v) is 1.76. The Morgan fingerprint density at radius 3 is 2.63 bits per heavy atom. The number of nitrogens with one attached hydrogen (secondary N) is 1. The number of nitrogens with zero attached hydrogens (tertiary/aromatic N) is 3. The van der Waals surface area contributed by atoms with Crippen LogP contribution in [0.3, 0.4) is 0 Å². The molecule has 0 radical (unpaired) electrons. The molecule has 0 spiro atoms. The molecule has 2 rings (SSSR count). The average molecular weight is 295 g/mol. The quantitative estimate of drug-likeness (QED) is 0.699. The lowest BCUT2D eigenvalue weighted by Crippen LogP contribution is -2.19. The largest absolute Gasteiger partial charge is 0.291 e. The van der Waals surface area contributed by atoms with Crippen LogP contribution in [0.5, 0.6) is 0 Å². The Labute approximate surface area is 119 Å². The highest BCUT2D eigenvalue weighted by molar-refractivity contribution is 6.38. The molecule has 1 amide bonds. The van der Waals surface area contributed by atoms with Crippen LogP contribution in [0.2, 0.25) is 10.0 Å². The molecule has 1 N–H and O–H groups in total. The van der Waals surface area contributed by atoms with E-state index in [-0.39, 0.29) is 5.69 Å². The number of rotatable bonds is 3. The van der Waals surface area contributed by atoms with Gasteiger partial charge < -0.3 is 0 Å². The third-order valence-corrected chi connectivity index (χ3v) is 2.81. The number of carbonyl (C=O) groups is 1. The molecule has 0 aliphatic heterocycles. The van der Waals surface area contributed by atoms with Crippen LogP contribution in [0, 0.1) is 0 Å². The molecule has 0 aliphatic carbocycles. The lowest BCUT2D eigenvalue weighted by atomic mass is 10.2. The van der Waals surface area contributed by atoms with E-state index < -0.39 is 5.91 Å². The minimum Gasteiger partial charge on any atom is -0.265 e. The maximum Gasteiger partial charge on any atom is 0.291 e. The molecule has 0 atom stereocenters. The van der Waals surface area contributed by atoms with Crippen molar-refractivity contribution in [1.82, 2.24) is 15.4 Å². The summed E-state index contributed by atoms with van der Waals surface area (Å²) in [6, 6.07) is 5.08. The summed E-state index contributed by atoms with van der Waals surface area (Å²) >= 11 is 11.9. The van der Waals surface area contributed by atoms with Crippen LogP contribution in [0.1, 0.15) is 16.1 Å². The maximum atomic E-state index is 11.6. The SMILES string of the molecule is O=C(N/N=C\c1c(Cl)cccc1Cl)c1cnccn1. The molecular weight excluding hydrogens is 287 g/mol. The summed E-state index contributed by atoms with van der Waals surface area (Å²) in [6.07, 6.45) is 5.61. The monoisotopic (exact) mass is 294 g/mol. The summed E-state index contributed by atoms with van der Waals surface area (Å²) in [5.74, 6) is -0.465. The van der Waals surface area contributed by atoms with Gasteiger partial charge in [-0.1, -0.05) is 29.3 Å². The zero-order chi connectivity index (χ0) is 13.7. The summed E-state index contributed by atoms with van der Waals surface area (Å²) < 4.78 is 0. The van der Waals surface area contributed by atoms with Gasteiger partial charge in [0.1, 0.15) is 5.69 Å². The Morgan fingerprint density at radius 1 is 1.26 bits per heavy atom. The van der Waals surface area contributed by atoms with E-state index >= 15 is 0 Å². The van der Waals surface area contributed by atoms with Crippen molar-refractivity contribution in [3.8, 4) is 0 Å². The van der Waals surface area contributed by atoms with Crippen molar-refractivity contribution in [2.75, 3.05) is 0 Å². The molecule has 0 bridgehead atoms. The maximum absolute atomic E-state index is 11.6. The molecule has 0 fully saturated rings. The third-order valence-electron chi connectivity index (χ3n) is 2.16. The summed E-state index contributed by atoms with van der Waals surface area (Å²) in [6.45, 7) is 0. The molecule has 1 heterocycles. The molecule has 7 heteroatoms. The number of hydrazone groups is 1. The fraction of sp³-hybridized carbons (Fsp3) is 0. The molecule has 1 aromatic heterocycles. The summed E-state index contributed by atoms with van der Waals surface area (Å²) in [4.78, 5) is 19.2. The highest BCUT2D eigenvalue weighted by atomic mass is 35.5. The average Bonchev–Trinajstić information content (AvgIpc) is 2.43. The standard InChI is InChI=1S/C12H8Cl2N4O/c13-9-2-1-3-10(14)8(9)6-17-18-12(19)11-7-15-4-5-16-11/h1-7H,(H,18,19)/b17-6-. The van der Waals surface area contributed by atoms with Gasteiger partial charge >= 0.3 is 0 Å². The third kappa shape index (κ3) is 3.49. The van der Waals surface area contributed by atoms with Crippen LogP contribution in [-0.4, -0.2) is 22.1 Å². The summed E-state index contributed by atoms with van der Waals surface area (Å²) in [7, 11) is 0. The first-order valence-electron chi connectivity index (χ1n) is 5.22. The molecule has 2 aromatic rings. The van der Waals surface area contributed by atoms with Crippen LogP contribution in [0.25, 0.3) is 0 Å². The molecular formula is C12H8Cl2N4O. The number of aromatic nitrogens is 2. The second-order valence-corrected chi connectivity index (χ2v) is 4.24. The molecule has 5 nitrogen and oxygen atoms in total. The van der Waals surface area contributed by atoms with Crippen LogP contribution >= 0.6 is 23.2 Å². The first-order chi connectivity index (χ1) is 9.18. The Morgan fingerprint density at radius 2 is 2.00 bits per heavy atom. The topological polar surface area (TPSA) is 67.2 Å². The van der Waals surface area contributed by atoms with Crippen molar-refractivity contribution < 1.29 is 4.79 Å². The van der Waals surface area contributed by atoms with Crippen LogP contribution in [0.15, 0.2) is 41.9 Å². The van der Waals surface area contributed by atoms with Gasteiger partial charge in [0, 0.05) is 18.0 Å². The molecule has 96 valence electrons. The van der Waals surface area contributed by atoms with E-state index in [0.717, 1.165) is 0 Å². The van der Waals surface area contributed by atoms with E-state index in [2.05, 4.69) is 20.5 Å². The van der Waals surface area contributed by atoms with Gasteiger partial charge in [-0.2, -0.15) is 5.10 Å². The highest BCUT2D eigenvalue weighted by Crippen LogP contribution is 2.21. The molecule has 0 saturated carbocycles. The number of amides is 1. The lowest BCUT2D eigenvalue weighted by molar-refractivity contribution is 0.0949. The van der Waals surface area contributed by atoms with Crippen molar-refractivity contribution in [2.45, 2.75) is 0 Å². The smallest absolute Gasteiger partial charge is 0.265 e. The number of hydrogen-bond acceptors (Lipinski definition) is 4. The van der Waals surface area contributed by atoms with Gasteiger partial charge in [-0.3, -0.25) is 9.78 Å². The fourth-order valence-electron chi connectivity index (χ4n) is 1.26. The second-order valence-electron chi connectivity index (χ2n) is 3.43. The first-order valence-corrected chi connectivity index (χ1v) is 5.97. The van der Waals surface area contributed by atoms with Crippen molar-refractivity contribution in [3.05, 3.63) is 58.1 Å². The zero-order valence-electron chi connectivity index (χ0n) is 9.55. The molecule has 19 heavy (non-hydrogen) atoms. The van der Waals surface area contributed by atoms with Gasteiger partial charge in [0.05, 0.1) is 22.5 Å². The van der Waals surface area contributed by atoms with Crippen molar-refractivity contribution in [3.63, 3.8) is 0 Å². The highest BCUT2D eigenvalue weighted by Gasteiger charge is 2.05. The van der Waals surface area contributed by atoms with Gasteiger partial charge in [0.15, 0.2) is 0 Å². The van der Waals surface area contributed by atoms with Crippen molar-refractivity contribution in [2.24, 2.45) is 5.10 Å². The predicted octanol–water partition coefficient (Wildman–Crippen LogP) is 2.55. The number of halogens is 2. The minimum absolute atomic E-state index is 0.171. The van der Waals surface area contributed by atoms with E-state index in [1.165, 1.54) is 24.8 Å². The molecule has 0 unspecified atom stereocenters. The Hall–Kier alpha value is -1.98. The lowest BCUT2D eigenvalue weighted by Gasteiger charge is -2.01. The predicted molar refractivity (Wildman–Crippen MR) is 73.6 cm³/mol. The van der Waals surface area contributed by atoms with E-state index in [1.54, 1.807) is 18.2 Å². The molecule has 1 aromatic carbocycles.